The standard InChI is InChI=1S/C23H41O5PSi/c1-13-17-14-15-19(18(16-17)23(11,12)28-30-22(8,9)10)25-29(24,26-20(2,3)4)27-21(5,6)7/h13-16H,1,30H2,2-12H3. The van der Waals surface area contributed by atoms with E-state index >= 15 is 0 Å². The maximum absolute atomic E-state index is 13.6. The van der Waals surface area contributed by atoms with Crippen molar-refractivity contribution in [3.8, 4) is 5.75 Å². The highest BCUT2D eigenvalue weighted by Gasteiger charge is 2.40. The van der Waals surface area contributed by atoms with E-state index in [1.807, 2.05) is 67.5 Å². The number of hydrogen-bond acceptors (Lipinski definition) is 5. The van der Waals surface area contributed by atoms with Crippen LogP contribution in [-0.4, -0.2) is 21.0 Å². The van der Waals surface area contributed by atoms with E-state index in [4.69, 9.17) is 18.0 Å². The summed E-state index contributed by atoms with van der Waals surface area (Å²) < 4.78 is 37.7. The Hall–Kier alpha value is -0.913. The van der Waals surface area contributed by atoms with Crippen molar-refractivity contribution in [2.75, 3.05) is 0 Å². The van der Waals surface area contributed by atoms with Crippen LogP contribution >= 0.6 is 7.82 Å². The van der Waals surface area contributed by atoms with Gasteiger partial charge in [0.15, 0.2) is 9.76 Å². The van der Waals surface area contributed by atoms with Gasteiger partial charge in [-0.3, -0.25) is 9.05 Å². The summed E-state index contributed by atoms with van der Waals surface area (Å²) in [6.45, 7) is 25.3. The Morgan fingerprint density at radius 1 is 0.900 bits per heavy atom. The first-order valence-corrected chi connectivity index (χ1v) is 13.1. The van der Waals surface area contributed by atoms with Gasteiger partial charge in [-0.25, -0.2) is 4.57 Å². The molecule has 0 unspecified atom stereocenters. The molecule has 30 heavy (non-hydrogen) atoms. The van der Waals surface area contributed by atoms with E-state index in [0.29, 0.717) is 5.75 Å². The lowest BCUT2D eigenvalue weighted by Crippen LogP contribution is -2.29. The molecular weight excluding hydrogens is 415 g/mol. The van der Waals surface area contributed by atoms with Crippen molar-refractivity contribution in [2.24, 2.45) is 0 Å². The summed E-state index contributed by atoms with van der Waals surface area (Å²) >= 11 is 0. The zero-order valence-electron chi connectivity index (χ0n) is 20.7. The second-order valence-corrected chi connectivity index (χ2v) is 15.4. The highest BCUT2D eigenvalue weighted by Crippen LogP contribution is 2.56. The van der Waals surface area contributed by atoms with Crippen LogP contribution in [0.2, 0.25) is 5.04 Å². The molecule has 0 saturated carbocycles. The van der Waals surface area contributed by atoms with Gasteiger partial charge in [-0.2, -0.15) is 0 Å². The molecule has 1 aromatic carbocycles. The molecule has 0 amide bonds. The van der Waals surface area contributed by atoms with Crippen molar-refractivity contribution >= 4 is 23.7 Å². The van der Waals surface area contributed by atoms with Gasteiger partial charge in [-0.05, 0) is 78.1 Å². The average Bonchev–Trinajstić information content (AvgIpc) is 2.48. The normalized spacial score (nSPS) is 14.4. The zero-order chi connectivity index (χ0) is 23.6. The SMILES string of the molecule is C=Cc1ccc(OP(=O)(OC(C)(C)C)OC(C)(C)C)c(C(C)(C)O[SiH2]C(C)(C)C)c1. The smallest absolute Gasteiger partial charge is 0.414 e. The van der Waals surface area contributed by atoms with Gasteiger partial charge in [-0.1, -0.05) is 39.5 Å². The second kappa shape index (κ2) is 9.29. The molecule has 0 fully saturated rings. The molecule has 0 saturated heterocycles. The monoisotopic (exact) mass is 456 g/mol. The lowest BCUT2D eigenvalue weighted by molar-refractivity contribution is 0.0215. The van der Waals surface area contributed by atoms with Crippen molar-refractivity contribution in [1.82, 2.24) is 0 Å². The Labute approximate surface area is 186 Å². The molecule has 7 heteroatoms. The Morgan fingerprint density at radius 3 is 1.80 bits per heavy atom. The van der Waals surface area contributed by atoms with E-state index in [-0.39, 0.29) is 5.04 Å². The van der Waals surface area contributed by atoms with Gasteiger partial charge in [0.1, 0.15) is 5.75 Å². The van der Waals surface area contributed by atoms with Crippen LogP contribution in [0.1, 0.15) is 87.3 Å². The van der Waals surface area contributed by atoms with Crippen LogP contribution in [0.4, 0.5) is 0 Å². The Balaban J connectivity index is 3.44. The van der Waals surface area contributed by atoms with Gasteiger partial charge in [0.2, 0.25) is 0 Å². The number of phosphoric ester groups is 1. The maximum Gasteiger partial charge on any atom is 0.531 e. The highest BCUT2D eigenvalue weighted by atomic mass is 31.2. The predicted octanol–water partition coefficient (Wildman–Crippen LogP) is 7.00. The third kappa shape index (κ3) is 9.48. The molecule has 0 radical (unpaired) electrons. The quantitative estimate of drug-likeness (QED) is 0.311. The Morgan fingerprint density at radius 2 is 1.40 bits per heavy atom. The summed E-state index contributed by atoms with van der Waals surface area (Å²) in [5, 5.41) is 0.133. The first kappa shape index (κ1) is 27.1. The van der Waals surface area contributed by atoms with Crippen LogP contribution in [0, 0.1) is 0 Å². The minimum atomic E-state index is -3.93. The zero-order valence-corrected chi connectivity index (χ0v) is 23.0. The van der Waals surface area contributed by atoms with Gasteiger partial charge in [-0.15, -0.1) is 0 Å². The molecule has 1 aromatic rings. The van der Waals surface area contributed by atoms with Crippen molar-refractivity contribution in [2.45, 2.75) is 98.0 Å². The Bertz CT molecular complexity index is 762. The molecule has 0 spiro atoms. The van der Waals surface area contributed by atoms with Crippen molar-refractivity contribution in [3.05, 3.63) is 35.9 Å². The van der Waals surface area contributed by atoms with E-state index in [9.17, 15) is 4.57 Å². The molecule has 0 aliphatic heterocycles. The fourth-order valence-corrected chi connectivity index (χ4v) is 5.35. The summed E-state index contributed by atoms with van der Waals surface area (Å²) in [7, 11) is -4.77. The lowest BCUT2D eigenvalue weighted by Gasteiger charge is -2.34. The molecule has 0 heterocycles. The lowest BCUT2D eigenvalue weighted by atomic mass is 9.95. The van der Waals surface area contributed by atoms with Crippen molar-refractivity contribution in [1.29, 1.82) is 0 Å². The second-order valence-electron chi connectivity index (χ2n) is 11.3. The van der Waals surface area contributed by atoms with Gasteiger partial charge in [0, 0.05) is 5.56 Å². The first-order chi connectivity index (χ1) is 13.3. The molecule has 0 aliphatic rings. The number of hydrogen-bond donors (Lipinski definition) is 0. The average molecular weight is 457 g/mol. The molecule has 172 valence electrons. The minimum Gasteiger partial charge on any atom is -0.414 e. The fourth-order valence-electron chi connectivity index (χ4n) is 2.55. The first-order valence-electron chi connectivity index (χ1n) is 10.4. The topological polar surface area (TPSA) is 54.0 Å². The number of phosphoric acid groups is 1. The molecule has 0 bridgehead atoms. The van der Waals surface area contributed by atoms with Crippen molar-refractivity contribution in [3.63, 3.8) is 0 Å². The van der Waals surface area contributed by atoms with Gasteiger partial charge in [0.05, 0.1) is 16.8 Å². The molecule has 0 atom stereocenters. The van der Waals surface area contributed by atoms with E-state index in [1.54, 1.807) is 12.1 Å². The summed E-state index contributed by atoms with van der Waals surface area (Å²) in [6, 6.07) is 5.60. The van der Waals surface area contributed by atoms with Crippen LogP contribution in [0.15, 0.2) is 24.8 Å². The Kier molecular flexibility index (Phi) is 8.40. The molecule has 1 rings (SSSR count). The van der Waals surface area contributed by atoms with Crippen LogP contribution < -0.4 is 4.52 Å². The number of rotatable bonds is 8. The molecule has 0 aromatic heterocycles. The minimum absolute atomic E-state index is 0.133. The third-order valence-corrected chi connectivity index (χ3v) is 7.43. The van der Waals surface area contributed by atoms with Crippen LogP contribution in [-0.2, 0) is 23.6 Å². The van der Waals surface area contributed by atoms with Crippen LogP contribution in [0.3, 0.4) is 0 Å². The fraction of sp³-hybridized carbons (Fsp3) is 0.652. The van der Waals surface area contributed by atoms with Gasteiger partial charge >= 0.3 is 7.82 Å². The molecule has 5 nitrogen and oxygen atoms in total. The summed E-state index contributed by atoms with van der Waals surface area (Å²) in [5.41, 5.74) is -0.357. The number of benzene rings is 1. The largest absolute Gasteiger partial charge is 0.531 e. The molecule has 0 aliphatic carbocycles. The van der Waals surface area contributed by atoms with Gasteiger partial charge in [0.25, 0.3) is 0 Å². The molecular formula is C23H41O5PSi. The molecule has 0 N–H and O–H groups in total. The maximum atomic E-state index is 13.6. The van der Waals surface area contributed by atoms with Crippen molar-refractivity contribution < 1.29 is 22.6 Å². The summed E-state index contributed by atoms with van der Waals surface area (Å²) in [4.78, 5) is 0. The van der Waals surface area contributed by atoms with E-state index in [2.05, 4.69) is 27.4 Å². The predicted molar refractivity (Wildman–Crippen MR) is 129 cm³/mol. The van der Waals surface area contributed by atoms with E-state index in [1.165, 1.54) is 0 Å². The van der Waals surface area contributed by atoms with E-state index < -0.39 is 34.4 Å². The summed E-state index contributed by atoms with van der Waals surface area (Å²) in [5.74, 6) is 0.422. The van der Waals surface area contributed by atoms with Crippen LogP contribution in [0.25, 0.3) is 6.08 Å². The third-order valence-electron chi connectivity index (χ3n) is 3.74. The van der Waals surface area contributed by atoms with Crippen LogP contribution in [0.5, 0.6) is 5.75 Å². The highest BCUT2D eigenvalue weighted by molar-refractivity contribution is 7.49. The van der Waals surface area contributed by atoms with E-state index in [0.717, 1.165) is 11.1 Å². The summed E-state index contributed by atoms with van der Waals surface area (Å²) in [6.07, 6.45) is 1.77. The van der Waals surface area contributed by atoms with Gasteiger partial charge < -0.3 is 8.95 Å².